The molecule has 0 aliphatic rings. The van der Waals surface area contributed by atoms with Gasteiger partial charge in [0, 0.05) is 11.5 Å². The van der Waals surface area contributed by atoms with E-state index in [2.05, 4.69) is 15.3 Å². The van der Waals surface area contributed by atoms with E-state index in [1.807, 2.05) is 52.0 Å². The second-order valence-corrected chi connectivity index (χ2v) is 5.15. The molecule has 0 bridgehead atoms. The molecule has 112 valence electrons. The summed E-state index contributed by atoms with van der Waals surface area (Å²) in [6.45, 7) is 8.57. The number of nitrogens with two attached hydrogens (primary N) is 1. The Kier molecular flexibility index (Phi) is 4.62. The number of para-hydroxylation sites is 2. The van der Waals surface area contributed by atoms with E-state index in [4.69, 9.17) is 10.5 Å². The highest BCUT2D eigenvalue weighted by Gasteiger charge is 2.12. The standard InChI is InChI=1S/C16H22N4O/c1-5-21-13-9-7-6-8-12(13)18-16-11(4)14(17)19-15(20-16)10(2)3/h6-10H,5H2,1-4H3,(H3,17,18,19,20). The number of benzene rings is 1. The van der Waals surface area contributed by atoms with Crippen LogP contribution in [0.3, 0.4) is 0 Å². The van der Waals surface area contributed by atoms with Gasteiger partial charge in [0.15, 0.2) is 0 Å². The van der Waals surface area contributed by atoms with Crippen molar-refractivity contribution >= 4 is 17.3 Å². The molecule has 0 saturated heterocycles. The van der Waals surface area contributed by atoms with Crippen LogP contribution in [0.4, 0.5) is 17.3 Å². The molecular weight excluding hydrogens is 264 g/mol. The number of hydrogen-bond acceptors (Lipinski definition) is 5. The van der Waals surface area contributed by atoms with Gasteiger partial charge < -0.3 is 15.8 Å². The van der Waals surface area contributed by atoms with Gasteiger partial charge in [0.05, 0.1) is 12.3 Å². The maximum Gasteiger partial charge on any atom is 0.142 e. The molecule has 0 spiro atoms. The highest BCUT2D eigenvalue weighted by atomic mass is 16.5. The van der Waals surface area contributed by atoms with Crippen molar-refractivity contribution in [3.63, 3.8) is 0 Å². The molecule has 0 aliphatic carbocycles. The first-order valence-electron chi connectivity index (χ1n) is 7.15. The van der Waals surface area contributed by atoms with Crippen molar-refractivity contribution in [2.45, 2.75) is 33.6 Å². The van der Waals surface area contributed by atoms with Crippen LogP contribution in [0, 0.1) is 6.92 Å². The minimum Gasteiger partial charge on any atom is -0.492 e. The molecule has 21 heavy (non-hydrogen) atoms. The van der Waals surface area contributed by atoms with Gasteiger partial charge in [-0.15, -0.1) is 0 Å². The Balaban J connectivity index is 2.39. The van der Waals surface area contributed by atoms with Crippen LogP contribution < -0.4 is 15.8 Å². The Hall–Kier alpha value is -2.30. The summed E-state index contributed by atoms with van der Waals surface area (Å²) in [6, 6.07) is 7.78. The molecule has 0 unspecified atom stereocenters. The largest absolute Gasteiger partial charge is 0.492 e. The first-order chi connectivity index (χ1) is 10.0. The molecule has 1 heterocycles. The van der Waals surface area contributed by atoms with Gasteiger partial charge in [0.2, 0.25) is 0 Å². The number of aromatic nitrogens is 2. The molecule has 0 aliphatic heterocycles. The van der Waals surface area contributed by atoms with Crippen molar-refractivity contribution in [1.29, 1.82) is 0 Å². The monoisotopic (exact) mass is 286 g/mol. The Morgan fingerprint density at radius 2 is 1.95 bits per heavy atom. The summed E-state index contributed by atoms with van der Waals surface area (Å²) >= 11 is 0. The van der Waals surface area contributed by atoms with E-state index >= 15 is 0 Å². The summed E-state index contributed by atoms with van der Waals surface area (Å²) in [6.07, 6.45) is 0. The van der Waals surface area contributed by atoms with E-state index in [1.54, 1.807) is 0 Å². The third-order valence-corrected chi connectivity index (χ3v) is 3.16. The van der Waals surface area contributed by atoms with Crippen molar-refractivity contribution in [1.82, 2.24) is 9.97 Å². The predicted molar refractivity (Wildman–Crippen MR) is 86.2 cm³/mol. The molecule has 0 atom stereocenters. The number of ether oxygens (including phenoxy) is 1. The maximum absolute atomic E-state index is 5.99. The third kappa shape index (κ3) is 3.42. The van der Waals surface area contributed by atoms with Crippen molar-refractivity contribution in [2.24, 2.45) is 0 Å². The number of anilines is 3. The molecule has 5 nitrogen and oxygen atoms in total. The molecule has 1 aromatic carbocycles. The van der Waals surface area contributed by atoms with Crippen LogP contribution in [-0.4, -0.2) is 16.6 Å². The van der Waals surface area contributed by atoms with Crippen LogP contribution in [-0.2, 0) is 0 Å². The van der Waals surface area contributed by atoms with Gasteiger partial charge in [-0.1, -0.05) is 26.0 Å². The molecule has 1 aromatic heterocycles. The lowest BCUT2D eigenvalue weighted by Gasteiger charge is -2.15. The summed E-state index contributed by atoms with van der Waals surface area (Å²) < 4.78 is 5.62. The highest BCUT2D eigenvalue weighted by molar-refractivity contribution is 5.68. The van der Waals surface area contributed by atoms with Gasteiger partial charge in [-0.25, -0.2) is 9.97 Å². The van der Waals surface area contributed by atoms with E-state index < -0.39 is 0 Å². The van der Waals surface area contributed by atoms with Crippen LogP contribution in [0.2, 0.25) is 0 Å². The van der Waals surface area contributed by atoms with Gasteiger partial charge in [0.1, 0.15) is 23.2 Å². The van der Waals surface area contributed by atoms with Crippen molar-refractivity contribution in [2.75, 3.05) is 17.7 Å². The summed E-state index contributed by atoms with van der Waals surface area (Å²) in [5.74, 6) is 2.97. The van der Waals surface area contributed by atoms with Crippen molar-refractivity contribution in [3.8, 4) is 5.75 Å². The molecule has 0 saturated carbocycles. The minimum atomic E-state index is 0.218. The first kappa shape index (κ1) is 15.1. The van der Waals surface area contributed by atoms with Crippen LogP contribution in [0.15, 0.2) is 24.3 Å². The zero-order chi connectivity index (χ0) is 15.4. The van der Waals surface area contributed by atoms with Gasteiger partial charge >= 0.3 is 0 Å². The van der Waals surface area contributed by atoms with Crippen LogP contribution >= 0.6 is 0 Å². The number of rotatable bonds is 5. The number of nitrogen functional groups attached to an aromatic ring is 1. The first-order valence-corrected chi connectivity index (χ1v) is 7.15. The van der Waals surface area contributed by atoms with Gasteiger partial charge in [0.25, 0.3) is 0 Å². The topological polar surface area (TPSA) is 73.1 Å². The van der Waals surface area contributed by atoms with Crippen LogP contribution in [0.5, 0.6) is 5.75 Å². The Morgan fingerprint density at radius 1 is 1.24 bits per heavy atom. The normalized spacial score (nSPS) is 10.7. The second-order valence-electron chi connectivity index (χ2n) is 5.15. The molecule has 0 amide bonds. The zero-order valence-corrected chi connectivity index (χ0v) is 13.0. The summed E-state index contributed by atoms with van der Waals surface area (Å²) in [4.78, 5) is 8.90. The maximum atomic E-state index is 5.99. The summed E-state index contributed by atoms with van der Waals surface area (Å²) in [5, 5.41) is 3.31. The molecule has 0 radical (unpaired) electrons. The SMILES string of the molecule is CCOc1ccccc1Nc1nc(C(C)C)nc(N)c1C. The smallest absolute Gasteiger partial charge is 0.142 e. The predicted octanol–water partition coefficient (Wildman–Crippen LogP) is 3.63. The lowest BCUT2D eigenvalue weighted by atomic mass is 10.2. The number of nitrogens with zero attached hydrogens (tertiary/aromatic N) is 2. The number of hydrogen-bond donors (Lipinski definition) is 2. The molecule has 2 rings (SSSR count). The van der Waals surface area contributed by atoms with Crippen molar-refractivity contribution < 1.29 is 4.74 Å². The average Bonchev–Trinajstić information content (AvgIpc) is 2.45. The van der Waals surface area contributed by atoms with E-state index in [1.165, 1.54) is 0 Å². The Labute approximate surface area is 125 Å². The Bertz CT molecular complexity index is 626. The van der Waals surface area contributed by atoms with E-state index in [-0.39, 0.29) is 5.92 Å². The van der Waals surface area contributed by atoms with E-state index in [0.29, 0.717) is 12.4 Å². The lowest BCUT2D eigenvalue weighted by molar-refractivity contribution is 0.342. The quantitative estimate of drug-likeness (QED) is 0.878. The van der Waals surface area contributed by atoms with Gasteiger partial charge in [-0.3, -0.25) is 0 Å². The zero-order valence-electron chi connectivity index (χ0n) is 13.0. The fourth-order valence-corrected chi connectivity index (χ4v) is 1.91. The van der Waals surface area contributed by atoms with Crippen molar-refractivity contribution in [3.05, 3.63) is 35.7 Å². The second kappa shape index (κ2) is 6.43. The van der Waals surface area contributed by atoms with Gasteiger partial charge in [-0.05, 0) is 26.0 Å². The molecule has 3 N–H and O–H groups in total. The fraction of sp³-hybridized carbons (Fsp3) is 0.375. The molecule has 0 fully saturated rings. The van der Waals surface area contributed by atoms with E-state index in [0.717, 1.165) is 28.6 Å². The molecular formula is C16H22N4O. The van der Waals surface area contributed by atoms with Crippen LogP contribution in [0.1, 0.15) is 38.1 Å². The average molecular weight is 286 g/mol. The van der Waals surface area contributed by atoms with Gasteiger partial charge in [-0.2, -0.15) is 0 Å². The number of nitrogens with one attached hydrogen (secondary N) is 1. The minimum absolute atomic E-state index is 0.218. The summed E-state index contributed by atoms with van der Waals surface area (Å²) in [5.41, 5.74) is 7.70. The lowest BCUT2D eigenvalue weighted by Crippen LogP contribution is -2.08. The fourth-order valence-electron chi connectivity index (χ4n) is 1.91. The van der Waals surface area contributed by atoms with Crippen LogP contribution in [0.25, 0.3) is 0 Å². The Morgan fingerprint density at radius 3 is 2.62 bits per heavy atom. The molecule has 2 aromatic rings. The third-order valence-electron chi connectivity index (χ3n) is 3.16. The van der Waals surface area contributed by atoms with E-state index in [9.17, 15) is 0 Å². The summed E-state index contributed by atoms with van der Waals surface area (Å²) in [7, 11) is 0. The highest BCUT2D eigenvalue weighted by Crippen LogP contribution is 2.29. The molecule has 5 heteroatoms.